The highest BCUT2D eigenvalue weighted by Gasteiger charge is 2.05. The highest BCUT2D eigenvalue weighted by Crippen LogP contribution is 2.15. The maximum atomic E-state index is 11.7. The van der Waals surface area contributed by atoms with E-state index in [-0.39, 0.29) is 19.2 Å². The van der Waals surface area contributed by atoms with Gasteiger partial charge in [-0.3, -0.25) is 0 Å². The largest absolute Gasteiger partial charge is 0.394 e. The van der Waals surface area contributed by atoms with Gasteiger partial charge < -0.3 is 20.5 Å². The van der Waals surface area contributed by atoms with Crippen LogP contribution in [0.25, 0.3) is 5.69 Å². The first-order valence-corrected chi connectivity index (χ1v) is 7.47. The van der Waals surface area contributed by atoms with Crippen LogP contribution in [0.15, 0.2) is 30.3 Å². The molecule has 0 aliphatic heterocycles. The maximum Gasteiger partial charge on any atom is 0.319 e. The third-order valence-corrected chi connectivity index (χ3v) is 3.15. The molecule has 2 rings (SSSR count). The molecule has 23 heavy (non-hydrogen) atoms. The summed E-state index contributed by atoms with van der Waals surface area (Å²) in [7, 11) is 0. The van der Waals surface area contributed by atoms with Crippen molar-refractivity contribution in [3.63, 3.8) is 0 Å². The summed E-state index contributed by atoms with van der Waals surface area (Å²) < 4.78 is 6.92. The molecule has 0 radical (unpaired) electrons. The zero-order chi connectivity index (χ0) is 16.7. The van der Waals surface area contributed by atoms with Crippen molar-refractivity contribution in [2.24, 2.45) is 0 Å². The van der Waals surface area contributed by atoms with E-state index in [4.69, 9.17) is 9.84 Å². The third-order valence-electron chi connectivity index (χ3n) is 3.15. The van der Waals surface area contributed by atoms with Gasteiger partial charge in [-0.15, -0.1) is 0 Å². The van der Waals surface area contributed by atoms with E-state index in [1.54, 1.807) is 0 Å². The van der Waals surface area contributed by atoms with Crippen LogP contribution in [0, 0.1) is 13.8 Å². The highest BCUT2D eigenvalue weighted by molar-refractivity contribution is 5.89. The summed E-state index contributed by atoms with van der Waals surface area (Å²) in [5.74, 6) is 0. The zero-order valence-corrected chi connectivity index (χ0v) is 13.4. The normalized spacial score (nSPS) is 10.6. The fourth-order valence-electron chi connectivity index (χ4n) is 2.15. The average molecular weight is 318 g/mol. The van der Waals surface area contributed by atoms with Crippen molar-refractivity contribution in [2.45, 2.75) is 13.8 Å². The Morgan fingerprint density at radius 3 is 2.61 bits per heavy atom. The molecule has 1 aromatic heterocycles. The minimum Gasteiger partial charge on any atom is -0.394 e. The Morgan fingerprint density at radius 2 is 2.00 bits per heavy atom. The number of aliphatic hydroxyl groups is 1. The lowest BCUT2D eigenvalue weighted by Gasteiger charge is -2.09. The number of anilines is 1. The molecule has 1 heterocycles. The number of aryl methyl sites for hydroxylation is 2. The monoisotopic (exact) mass is 318 g/mol. The van der Waals surface area contributed by atoms with Crippen LogP contribution in [0.1, 0.15) is 11.4 Å². The predicted octanol–water partition coefficient (Wildman–Crippen LogP) is 1.62. The number of nitrogens with one attached hydrogen (secondary N) is 2. The number of amides is 2. The van der Waals surface area contributed by atoms with Crippen molar-refractivity contribution in [3.05, 3.63) is 41.7 Å². The maximum absolute atomic E-state index is 11.7. The molecule has 0 atom stereocenters. The van der Waals surface area contributed by atoms with Crippen molar-refractivity contribution >= 4 is 11.7 Å². The molecule has 0 bridgehead atoms. The molecule has 7 nitrogen and oxygen atoms in total. The Labute approximate surface area is 135 Å². The quantitative estimate of drug-likeness (QED) is 0.677. The zero-order valence-electron chi connectivity index (χ0n) is 13.4. The third kappa shape index (κ3) is 5.08. The molecule has 7 heteroatoms. The fraction of sp³-hybridized carbons (Fsp3) is 0.375. The second-order valence-electron chi connectivity index (χ2n) is 5.10. The number of benzene rings is 1. The lowest BCUT2D eigenvalue weighted by Crippen LogP contribution is -2.31. The standard InChI is InChI=1S/C16H22N4O3/c1-12-11-13(2)20(19-12)15-5-3-14(4-6-15)18-16(22)17-7-9-23-10-8-21/h3-6,11,21H,7-10H2,1-2H3,(H2,17,18,22). The molecule has 124 valence electrons. The molecule has 0 aliphatic carbocycles. The smallest absolute Gasteiger partial charge is 0.319 e. The second kappa shape index (κ2) is 8.30. The summed E-state index contributed by atoms with van der Waals surface area (Å²) in [5, 5.41) is 18.4. The number of carbonyl (C=O) groups is 1. The first-order valence-electron chi connectivity index (χ1n) is 7.47. The van der Waals surface area contributed by atoms with Crippen LogP contribution in [0.4, 0.5) is 10.5 Å². The van der Waals surface area contributed by atoms with Gasteiger partial charge in [-0.1, -0.05) is 0 Å². The second-order valence-corrected chi connectivity index (χ2v) is 5.10. The molecule has 2 aromatic rings. The summed E-state index contributed by atoms with van der Waals surface area (Å²) in [6, 6.07) is 9.18. The first-order chi connectivity index (χ1) is 11.1. The van der Waals surface area contributed by atoms with Crippen LogP contribution in [0.2, 0.25) is 0 Å². The van der Waals surface area contributed by atoms with Gasteiger partial charge in [0.15, 0.2) is 0 Å². The molecule has 0 fully saturated rings. The Kier molecular flexibility index (Phi) is 6.13. The number of rotatable bonds is 7. The predicted molar refractivity (Wildman–Crippen MR) is 88.0 cm³/mol. The summed E-state index contributed by atoms with van der Waals surface area (Å²) in [6.45, 7) is 4.96. The van der Waals surface area contributed by atoms with E-state index >= 15 is 0 Å². The molecule has 3 N–H and O–H groups in total. The van der Waals surface area contributed by atoms with Crippen LogP contribution in [-0.2, 0) is 4.74 Å². The van der Waals surface area contributed by atoms with Crippen molar-refractivity contribution < 1.29 is 14.6 Å². The Morgan fingerprint density at radius 1 is 1.26 bits per heavy atom. The number of ether oxygens (including phenoxy) is 1. The molecule has 1 aromatic carbocycles. The van der Waals surface area contributed by atoms with Gasteiger partial charge in [-0.05, 0) is 44.2 Å². The first kappa shape index (κ1) is 17.0. The SMILES string of the molecule is Cc1cc(C)n(-c2ccc(NC(=O)NCCOCCO)cc2)n1. The topological polar surface area (TPSA) is 88.4 Å². The van der Waals surface area contributed by atoms with Crippen molar-refractivity contribution in [2.75, 3.05) is 31.7 Å². The summed E-state index contributed by atoms with van der Waals surface area (Å²) in [5.41, 5.74) is 3.67. The lowest BCUT2D eigenvalue weighted by molar-refractivity contribution is 0.0950. The Balaban J connectivity index is 1.85. The summed E-state index contributed by atoms with van der Waals surface area (Å²) >= 11 is 0. The van der Waals surface area contributed by atoms with Gasteiger partial charge in [-0.25, -0.2) is 9.48 Å². The number of carbonyl (C=O) groups excluding carboxylic acids is 1. The number of aromatic nitrogens is 2. The molecule has 0 unspecified atom stereocenters. The fourth-order valence-corrected chi connectivity index (χ4v) is 2.15. The van der Waals surface area contributed by atoms with Gasteiger partial charge in [-0.2, -0.15) is 5.10 Å². The molecule has 0 saturated carbocycles. The van der Waals surface area contributed by atoms with E-state index in [2.05, 4.69) is 15.7 Å². The molecular weight excluding hydrogens is 296 g/mol. The van der Waals surface area contributed by atoms with Crippen LogP contribution in [-0.4, -0.2) is 47.3 Å². The lowest BCUT2D eigenvalue weighted by atomic mass is 10.2. The number of aliphatic hydroxyl groups excluding tert-OH is 1. The Bertz CT molecular complexity index is 637. The van der Waals surface area contributed by atoms with E-state index in [0.717, 1.165) is 17.1 Å². The van der Waals surface area contributed by atoms with Gasteiger partial charge >= 0.3 is 6.03 Å². The van der Waals surface area contributed by atoms with Gasteiger partial charge in [0, 0.05) is 17.9 Å². The molecular formula is C16H22N4O3. The number of nitrogens with zero attached hydrogens (tertiary/aromatic N) is 2. The molecule has 0 saturated heterocycles. The molecule has 2 amide bonds. The highest BCUT2D eigenvalue weighted by atomic mass is 16.5. The van der Waals surface area contributed by atoms with E-state index < -0.39 is 0 Å². The van der Waals surface area contributed by atoms with Crippen molar-refractivity contribution in [1.82, 2.24) is 15.1 Å². The van der Waals surface area contributed by atoms with Crippen LogP contribution < -0.4 is 10.6 Å². The number of hydrogen-bond acceptors (Lipinski definition) is 4. The van der Waals surface area contributed by atoms with Crippen LogP contribution in [0.3, 0.4) is 0 Å². The summed E-state index contributed by atoms with van der Waals surface area (Å²) in [4.78, 5) is 11.7. The number of hydrogen-bond donors (Lipinski definition) is 3. The van der Waals surface area contributed by atoms with Crippen molar-refractivity contribution in [1.29, 1.82) is 0 Å². The van der Waals surface area contributed by atoms with Gasteiger partial charge in [0.2, 0.25) is 0 Å². The molecule has 0 spiro atoms. The van der Waals surface area contributed by atoms with Gasteiger partial charge in [0.05, 0.1) is 31.2 Å². The van der Waals surface area contributed by atoms with Crippen LogP contribution in [0.5, 0.6) is 0 Å². The number of urea groups is 1. The molecule has 0 aliphatic rings. The Hall–Kier alpha value is -2.38. The van der Waals surface area contributed by atoms with E-state index in [9.17, 15) is 4.79 Å². The van der Waals surface area contributed by atoms with E-state index in [1.807, 2.05) is 48.9 Å². The van der Waals surface area contributed by atoms with E-state index in [1.165, 1.54) is 0 Å². The van der Waals surface area contributed by atoms with Gasteiger partial charge in [0.1, 0.15) is 0 Å². The van der Waals surface area contributed by atoms with Crippen LogP contribution >= 0.6 is 0 Å². The minimum absolute atomic E-state index is 0.0200. The average Bonchev–Trinajstić information content (AvgIpc) is 2.86. The van der Waals surface area contributed by atoms with Crippen molar-refractivity contribution in [3.8, 4) is 5.69 Å². The van der Waals surface area contributed by atoms with Gasteiger partial charge in [0.25, 0.3) is 0 Å². The summed E-state index contributed by atoms with van der Waals surface area (Å²) in [6.07, 6.45) is 0. The van der Waals surface area contributed by atoms with E-state index in [0.29, 0.717) is 18.8 Å². The minimum atomic E-state index is -0.295.